The number of nitrogens with one attached hydrogen (secondary N) is 1. The summed E-state index contributed by atoms with van der Waals surface area (Å²) in [5.74, 6) is 0.844. The summed E-state index contributed by atoms with van der Waals surface area (Å²) in [5.41, 5.74) is 6.83. The van der Waals surface area contributed by atoms with E-state index in [-0.39, 0.29) is 11.4 Å². The molecule has 1 aliphatic heterocycles. The molecule has 154 valence electrons. The lowest BCUT2D eigenvalue weighted by atomic mass is 9.79. The van der Waals surface area contributed by atoms with Gasteiger partial charge in [-0.25, -0.2) is 5.43 Å². The second-order valence-electron chi connectivity index (χ2n) is 8.63. The maximum Gasteiger partial charge on any atom is 0.271 e. The first-order valence-electron chi connectivity index (χ1n) is 10.1. The van der Waals surface area contributed by atoms with Gasteiger partial charge in [0.05, 0.1) is 13.3 Å². The van der Waals surface area contributed by atoms with Gasteiger partial charge in [-0.05, 0) is 81.5 Å². The summed E-state index contributed by atoms with van der Waals surface area (Å²) in [6.45, 7) is 11.4. The topological polar surface area (TPSA) is 53.9 Å². The third-order valence-electron chi connectivity index (χ3n) is 5.53. The lowest BCUT2D eigenvalue weighted by molar-refractivity contribution is 0.0955. The van der Waals surface area contributed by atoms with Crippen LogP contribution in [-0.2, 0) is 0 Å². The number of hydrogen-bond acceptors (Lipinski definition) is 4. The molecular formula is C24H31N3O2. The maximum absolute atomic E-state index is 12.3. The molecule has 5 heteroatoms. The standard InChI is InChI=1S/C24H31N3O2/c1-16(2)27-22-11-10-18(12-21(22)17(3)14-24(27,4)5)15-25-26-23(28)19-8-7-9-20(13-19)29-6/h7-13,15-17H,14H2,1-6H3,(H,26,28)/b25-15-/t17-/m1/s1. The smallest absolute Gasteiger partial charge is 0.271 e. The van der Waals surface area contributed by atoms with E-state index in [4.69, 9.17) is 4.74 Å². The van der Waals surface area contributed by atoms with E-state index >= 15 is 0 Å². The molecule has 0 bridgehead atoms. The van der Waals surface area contributed by atoms with Crippen molar-refractivity contribution in [2.75, 3.05) is 12.0 Å². The van der Waals surface area contributed by atoms with E-state index in [1.807, 2.05) is 0 Å². The van der Waals surface area contributed by atoms with Gasteiger partial charge in [0, 0.05) is 22.8 Å². The van der Waals surface area contributed by atoms with Crippen molar-refractivity contribution in [3.05, 3.63) is 59.2 Å². The fraction of sp³-hybridized carbons (Fsp3) is 0.417. The van der Waals surface area contributed by atoms with Gasteiger partial charge < -0.3 is 9.64 Å². The molecule has 2 aromatic rings. The summed E-state index contributed by atoms with van der Waals surface area (Å²) in [7, 11) is 1.58. The molecule has 0 aliphatic carbocycles. The average molecular weight is 394 g/mol. The predicted octanol–water partition coefficient (Wildman–Crippen LogP) is 4.96. The molecule has 0 unspecified atom stereocenters. The van der Waals surface area contributed by atoms with Crippen LogP contribution in [0, 0.1) is 0 Å². The number of ether oxygens (including phenoxy) is 1. The SMILES string of the molecule is COc1cccc(C(=O)N/N=C\c2ccc3c(c2)[C@H](C)CC(C)(C)N3C(C)C)c1. The van der Waals surface area contributed by atoms with Gasteiger partial charge in [0.1, 0.15) is 5.75 Å². The molecule has 0 aromatic heterocycles. The Morgan fingerprint density at radius 1 is 1.28 bits per heavy atom. The molecular weight excluding hydrogens is 362 g/mol. The summed E-state index contributed by atoms with van der Waals surface area (Å²) < 4.78 is 5.16. The highest BCUT2D eigenvalue weighted by Gasteiger charge is 2.37. The lowest BCUT2D eigenvalue weighted by Crippen LogP contribution is -2.51. The highest BCUT2D eigenvalue weighted by Crippen LogP contribution is 2.44. The average Bonchev–Trinajstić information content (AvgIpc) is 2.67. The molecule has 1 heterocycles. The molecule has 1 N–H and O–H groups in total. The highest BCUT2D eigenvalue weighted by atomic mass is 16.5. The van der Waals surface area contributed by atoms with Crippen molar-refractivity contribution in [3.63, 3.8) is 0 Å². The predicted molar refractivity (Wildman–Crippen MR) is 119 cm³/mol. The van der Waals surface area contributed by atoms with Crippen molar-refractivity contribution in [2.45, 2.75) is 58.5 Å². The van der Waals surface area contributed by atoms with Gasteiger partial charge in [0.2, 0.25) is 0 Å². The maximum atomic E-state index is 12.3. The van der Waals surface area contributed by atoms with Crippen LogP contribution in [0.4, 0.5) is 5.69 Å². The molecule has 1 amide bonds. The van der Waals surface area contributed by atoms with E-state index in [2.05, 4.69) is 68.2 Å². The Hall–Kier alpha value is -2.82. The zero-order valence-electron chi connectivity index (χ0n) is 18.2. The van der Waals surface area contributed by atoms with E-state index in [1.54, 1.807) is 37.6 Å². The van der Waals surface area contributed by atoms with Crippen LogP contribution in [0.1, 0.15) is 68.4 Å². The van der Waals surface area contributed by atoms with Crippen LogP contribution in [0.25, 0.3) is 0 Å². The molecule has 1 aliphatic rings. The van der Waals surface area contributed by atoms with Crippen LogP contribution in [0.3, 0.4) is 0 Å². The summed E-state index contributed by atoms with van der Waals surface area (Å²) in [6.07, 6.45) is 2.80. The van der Waals surface area contributed by atoms with Crippen LogP contribution in [0.15, 0.2) is 47.6 Å². The number of benzene rings is 2. The Morgan fingerprint density at radius 2 is 2.03 bits per heavy atom. The van der Waals surface area contributed by atoms with Crippen molar-refractivity contribution in [2.24, 2.45) is 5.10 Å². The highest BCUT2D eigenvalue weighted by molar-refractivity contribution is 5.95. The number of carbonyl (C=O) groups excluding carboxylic acids is 1. The van der Waals surface area contributed by atoms with Gasteiger partial charge in [-0.3, -0.25) is 4.79 Å². The summed E-state index contributed by atoms with van der Waals surface area (Å²) in [5, 5.41) is 4.15. The largest absolute Gasteiger partial charge is 0.497 e. The van der Waals surface area contributed by atoms with Gasteiger partial charge in [0.25, 0.3) is 5.91 Å². The number of fused-ring (bicyclic) bond motifs is 1. The second-order valence-corrected chi connectivity index (χ2v) is 8.63. The minimum Gasteiger partial charge on any atom is -0.497 e. The second kappa shape index (κ2) is 8.27. The molecule has 0 saturated heterocycles. The Labute approximate surface area is 173 Å². The molecule has 0 spiro atoms. The molecule has 29 heavy (non-hydrogen) atoms. The summed E-state index contributed by atoms with van der Waals surface area (Å²) in [4.78, 5) is 14.8. The van der Waals surface area contributed by atoms with Crippen LogP contribution >= 0.6 is 0 Å². The fourth-order valence-electron chi connectivity index (χ4n) is 4.52. The minimum absolute atomic E-state index is 0.126. The first-order chi connectivity index (χ1) is 13.7. The normalized spacial score (nSPS) is 18.0. The number of nitrogens with zero attached hydrogens (tertiary/aromatic N) is 2. The first-order valence-corrected chi connectivity index (χ1v) is 10.1. The molecule has 1 atom stereocenters. The van der Waals surface area contributed by atoms with Crippen molar-refractivity contribution >= 4 is 17.8 Å². The van der Waals surface area contributed by atoms with E-state index in [9.17, 15) is 4.79 Å². The number of amides is 1. The van der Waals surface area contributed by atoms with E-state index < -0.39 is 0 Å². The summed E-state index contributed by atoms with van der Waals surface area (Å²) in [6, 6.07) is 13.9. The number of hydrogen-bond donors (Lipinski definition) is 1. The Bertz CT molecular complexity index is 918. The molecule has 0 fully saturated rings. The zero-order chi connectivity index (χ0) is 21.2. The lowest BCUT2D eigenvalue weighted by Gasteiger charge is -2.50. The third kappa shape index (κ3) is 4.44. The number of anilines is 1. The Kier molecular flexibility index (Phi) is 5.96. The van der Waals surface area contributed by atoms with Crippen LogP contribution < -0.4 is 15.1 Å². The molecule has 2 aromatic carbocycles. The number of carbonyl (C=O) groups is 1. The van der Waals surface area contributed by atoms with Gasteiger partial charge in [0.15, 0.2) is 0 Å². The monoisotopic (exact) mass is 393 g/mol. The quantitative estimate of drug-likeness (QED) is 0.577. The summed E-state index contributed by atoms with van der Waals surface area (Å²) >= 11 is 0. The molecule has 3 rings (SSSR count). The number of rotatable bonds is 5. The van der Waals surface area contributed by atoms with E-state index in [1.165, 1.54) is 11.3 Å². The van der Waals surface area contributed by atoms with E-state index in [0.717, 1.165) is 12.0 Å². The number of methoxy groups -OCH3 is 1. The third-order valence-corrected chi connectivity index (χ3v) is 5.53. The Morgan fingerprint density at radius 3 is 2.72 bits per heavy atom. The van der Waals surface area contributed by atoms with Crippen LogP contribution in [0.2, 0.25) is 0 Å². The van der Waals surface area contributed by atoms with Crippen LogP contribution in [-0.4, -0.2) is 30.8 Å². The fourth-order valence-corrected chi connectivity index (χ4v) is 4.52. The minimum atomic E-state index is -0.265. The van der Waals surface area contributed by atoms with Crippen molar-refractivity contribution < 1.29 is 9.53 Å². The number of hydrazone groups is 1. The Balaban J connectivity index is 1.77. The molecule has 0 saturated carbocycles. The molecule has 0 radical (unpaired) electrons. The van der Waals surface area contributed by atoms with Gasteiger partial charge in [-0.1, -0.05) is 19.1 Å². The van der Waals surface area contributed by atoms with Crippen molar-refractivity contribution in [1.29, 1.82) is 0 Å². The van der Waals surface area contributed by atoms with E-state index in [0.29, 0.717) is 23.3 Å². The zero-order valence-corrected chi connectivity index (χ0v) is 18.2. The van der Waals surface area contributed by atoms with Crippen molar-refractivity contribution in [1.82, 2.24) is 5.43 Å². The van der Waals surface area contributed by atoms with Gasteiger partial charge >= 0.3 is 0 Å². The van der Waals surface area contributed by atoms with Crippen molar-refractivity contribution in [3.8, 4) is 5.75 Å². The van der Waals surface area contributed by atoms with Crippen LogP contribution in [0.5, 0.6) is 5.75 Å². The van der Waals surface area contributed by atoms with Gasteiger partial charge in [-0.15, -0.1) is 0 Å². The first kappa shape index (κ1) is 20.9. The van der Waals surface area contributed by atoms with Gasteiger partial charge in [-0.2, -0.15) is 5.10 Å². The molecule has 5 nitrogen and oxygen atoms in total.